The van der Waals surface area contributed by atoms with Gasteiger partial charge in [0.25, 0.3) is 0 Å². The van der Waals surface area contributed by atoms with Gasteiger partial charge < -0.3 is 20.1 Å². The molecule has 0 atom stereocenters. The highest BCUT2D eigenvalue weighted by Crippen LogP contribution is 2.28. The minimum Gasteiger partial charge on any atom is -0.379 e. The first-order valence-electron chi connectivity index (χ1n) is 9.81. The second-order valence-corrected chi connectivity index (χ2v) is 6.79. The maximum Gasteiger partial charge on any atom is 0.353 e. The van der Waals surface area contributed by atoms with Gasteiger partial charge in [0.1, 0.15) is 6.33 Å². The second kappa shape index (κ2) is 11.1. The van der Waals surface area contributed by atoms with Gasteiger partial charge in [-0.05, 0) is 13.0 Å². The maximum absolute atomic E-state index is 11.6. The normalized spacial score (nSPS) is 18.7. The number of ether oxygens (including phenoxy) is 2. The number of aromatic nitrogens is 2. The van der Waals surface area contributed by atoms with Crippen LogP contribution in [-0.4, -0.2) is 103 Å². The topological polar surface area (TPSA) is 118 Å². The van der Waals surface area contributed by atoms with E-state index in [4.69, 9.17) is 9.47 Å². The zero-order valence-electron chi connectivity index (χ0n) is 16.1. The highest BCUT2D eigenvalue weighted by atomic mass is 16.6. The summed E-state index contributed by atoms with van der Waals surface area (Å²) >= 11 is 0. The van der Waals surface area contributed by atoms with Crippen molar-refractivity contribution in [2.24, 2.45) is 0 Å². The lowest BCUT2D eigenvalue weighted by molar-refractivity contribution is -0.383. The highest BCUT2D eigenvalue weighted by Gasteiger charge is 2.23. The fraction of sp³-hybridized carbons (Fsp3) is 0.765. The van der Waals surface area contributed by atoms with Gasteiger partial charge in [0.2, 0.25) is 11.6 Å². The van der Waals surface area contributed by atoms with Crippen LogP contribution in [0.15, 0.2) is 6.33 Å². The fourth-order valence-corrected chi connectivity index (χ4v) is 3.30. The van der Waals surface area contributed by atoms with E-state index in [9.17, 15) is 10.1 Å². The van der Waals surface area contributed by atoms with E-state index in [1.807, 2.05) is 0 Å². The molecule has 0 radical (unpaired) electrons. The minimum absolute atomic E-state index is 0.101. The van der Waals surface area contributed by atoms with Crippen molar-refractivity contribution in [3.63, 3.8) is 0 Å². The van der Waals surface area contributed by atoms with E-state index in [0.717, 1.165) is 72.1 Å². The largest absolute Gasteiger partial charge is 0.379 e. The average molecular weight is 395 g/mol. The summed E-state index contributed by atoms with van der Waals surface area (Å²) in [7, 11) is 0. The molecule has 0 bridgehead atoms. The summed E-state index contributed by atoms with van der Waals surface area (Å²) in [5.74, 6) is 0.514. The molecule has 11 nitrogen and oxygen atoms in total. The van der Waals surface area contributed by atoms with Crippen LogP contribution in [0.3, 0.4) is 0 Å². The number of nitro groups is 1. The van der Waals surface area contributed by atoms with Crippen molar-refractivity contribution < 1.29 is 14.4 Å². The van der Waals surface area contributed by atoms with Crippen molar-refractivity contribution in [3.8, 4) is 0 Å². The summed E-state index contributed by atoms with van der Waals surface area (Å²) in [5.41, 5.74) is -0.101. The molecule has 0 unspecified atom stereocenters. The average Bonchev–Trinajstić information content (AvgIpc) is 2.72. The predicted octanol–water partition coefficient (Wildman–Crippen LogP) is 0.263. The number of morpholine rings is 2. The molecule has 2 N–H and O–H groups in total. The number of nitrogens with one attached hydrogen (secondary N) is 2. The fourth-order valence-electron chi connectivity index (χ4n) is 3.30. The predicted molar refractivity (Wildman–Crippen MR) is 105 cm³/mol. The van der Waals surface area contributed by atoms with E-state index in [1.54, 1.807) is 0 Å². The summed E-state index contributed by atoms with van der Waals surface area (Å²) < 4.78 is 10.7. The Labute approximate surface area is 164 Å². The second-order valence-electron chi connectivity index (χ2n) is 6.79. The monoisotopic (exact) mass is 395 g/mol. The van der Waals surface area contributed by atoms with E-state index in [2.05, 4.69) is 30.4 Å². The first kappa shape index (κ1) is 20.6. The molecule has 0 aromatic carbocycles. The van der Waals surface area contributed by atoms with E-state index < -0.39 is 4.92 Å². The van der Waals surface area contributed by atoms with Crippen molar-refractivity contribution in [3.05, 3.63) is 16.4 Å². The minimum atomic E-state index is -0.429. The molecule has 11 heteroatoms. The molecule has 3 heterocycles. The summed E-state index contributed by atoms with van der Waals surface area (Å²) in [6.45, 7) is 9.53. The lowest BCUT2D eigenvalue weighted by atomic mass is 10.3. The lowest BCUT2D eigenvalue weighted by Crippen LogP contribution is -2.39. The zero-order valence-corrected chi connectivity index (χ0v) is 16.1. The first-order chi connectivity index (χ1) is 13.7. The zero-order chi connectivity index (χ0) is 19.6. The van der Waals surface area contributed by atoms with Crippen molar-refractivity contribution in [2.45, 2.75) is 6.42 Å². The quantitative estimate of drug-likeness (QED) is 0.324. The van der Waals surface area contributed by atoms with Gasteiger partial charge in [-0.3, -0.25) is 19.9 Å². The Morgan fingerprint density at radius 1 is 0.929 bits per heavy atom. The Hall–Kier alpha value is -2.08. The van der Waals surface area contributed by atoms with Crippen LogP contribution in [-0.2, 0) is 9.47 Å². The summed E-state index contributed by atoms with van der Waals surface area (Å²) in [6, 6.07) is 0. The number of anilines is 2. The molecule has 1 aromatic heterocycles. The highest BCUT2D eigenvalue weighted by molar-refractivity contribution is 5.69. The van der Waals surface area contributed by atoms with E-state index in [1.165, 1.54) is 6.33 Å². The van der Waals surface area contributed by atoms with E-state index in [-0.39, 0.29) is 17.3 Å². The number of hydrogen-bond donors (Lipinski definition) is 2. The molecule has 3 rings (SSSR count). The van der Waals surface area contributed by atoms with Crippen LogP contribution in [0.4, 0.5) is 17.3 Å². The maximum atomic E-state index is 11.6. The van der Waals surface area contributed by atoms with Crippen LogP contribution in [0.25, 0.3) is 0 Å². The standard InChI is InChI=1S/C17H29N7O4/c25-24(26)15-16(18-2-1-4-22-6-10-27-11-7-22)20-14-21-17(15)19-3-5-23-8-12-28-13-9-23/h14H,1-13H2,(H2,18,19,20,21). The van der Waals surface area contributed by atoms with Crippen LogP contribution < -0.4 is 10.6 Å². The molecule has 2 saturated heterocycles. The van der Waals surface area contributed by atoms with E-state index in [0.29, 0.717) is 13.1 Å². The van der Waals surface area contributed by atoms with E-state index >= 15 is 0 Å². The Kier molecular flexibility index (Phi) is 8.15. The van der Waals surface area contributed by atoms with Crippen molar-refractivity contribution in [2.75, 3.05) is 89.4 Å². The third kappa shape index (κ3) is 6.23. The molecule has 2 fully saturated rings. The van der Waals surface area contributed by atoms with Crippen LogP contribution in [0, 0.1) is 10.1 Å². The van der Waals surface area contributed by atoms with Gasteiger partial charge in [-0.2, -0.15) is 0 Å². The number of rotatable bonds is 10. The number of nitrogens with zero attached hydrogens (tertiary/aromatic N) is 5. The van der Waals surface area contributed by atoms with Gasteiger partial charge in [-0.25, -0.2) is 9.97 Å². The first-order valence-corrected chi connectivity index (χ1v) is 9.81. The Bertz CT molecular complexity index is 622. The molecule has 0 spiro atoms. The third-order valence-electron chi connectivity index (χ3n) is 4.88. The molecule has 0 aliphatic carbocycles. The van der Waals surface area contributed by atoms with Gasteiger partial charge in [0, 0.05) is 45.8 Å². The Morgan fingerprint density at radius 3 is 2.04 bits per heavy atom. The molecule has 2 aliphatic rings. The van der Waals surface area contributed by atoms with Crippen molar-refractivity contribution >= 4 is 17.3 Å². The molecule has 2 aliphatic heterocycles. The molecule has 0 saturated carbocycles. The molecule has 156 valence electrons. The van der Waals surface area contributed by atoms with Gasteiger partial charge in [0.15, 0.2) is 0 Å². The smallest absolute Gasteiger partial charge is 0.353 e. The van der Waals surface area contributed by atoms with Gasteiger partial charge in [0.05, 0.1) is 31.4 Å². The Balaban J connectivity index is 1.49. The Morgan fingerprint density at radius 2 is 1.46 bits per heavy atom. The molecule has 28 heavy (non-hydrogen) atoms. The van der Waals surface area contributed by atoms with Crippen LogP contribution in [0.1, 0.15) is 6.42 Å². The summed E-state index contributed by atoms with van der Waals surface area (Å²) in [5, 5.41) is 17.8. The van der Waals surface area contributed by atoms with Crippen molar-refractivity contribution in [1.29, 1.82) is 0 Å². The molecular weight excluding hydrogens is 366 g/mol. The summed E-state index contributed by atoms with van der Waals surface area (Å²) in [4.78, 5) is 23.9. The SMILES string of the molecule is O=[N+]([O-])c1c(NCCCN2CCOCC2)ncnc1NCCN1CCOCC1. The van der Waals surface area contributed by atoms with Crippen molar-refractivity contribution in [1.82, 2.24) is 19.8 Å². The van der Waals surface area contributed by atoms with Crippen LogP contribution in [0.2, 0.25) is 0 Å². The van der Waals surface area contributed by atoms with Crippen LogP contribution >= 0.6 is 0 Å². The van der Waals surface area contributed by atoms with Gasteiger partial charge >= 0.3 is 5.69 Å². The van der Waals surface area contributed by atoms with Crippen LogP contribution in [0.5, 0.6) is 0 Å². The van der Waals surface area contributed by atoms with Gasteiger partial charge in [-0.15, -0.1) is 0 Å². The third-order valence-corrected chi connectivity index (χ3v) is 4.88. The molecule has 1 aromatic rings. The molecule has 0 amide bonds. The van der Waals surface area contributed by atoms with Gasteiger partial charge in [-0.1, -0.05) is 0 Å². The molecular formula is C17H29N7O4. The summed E-state index contributed by atoms with van der Waals surface area (Å²) in [6.07, 6.45) is 2.23. The number of hydrogen-bond acceptors (Lipinski definition) is 10. The lowest BCUT2D eigenvalue weighted by Gasteiger charge is -2.26.